The average Bonchev–Trinajstić information content (AvgIpc) is 3.28. The third-order valence-corrected chi connectivity index (χ3v) is 4.15. The second-order valence-corrected chi connectivity index (χ2v) is 6.03. The number of carbonyl (C=O) groups excluding carboxylic acids is 2. The maximum absolute atomic E-state index is 12.0. The van der Waals surface area contributed by atoms with Crippen molar-refractivity contribution in [2.45, 2.75) is 51.5 Å². The minimum absolute atomic E-state index is 0.0261. The first kappa shape index (κ1) is 15.3. The number of nitrogens with one attached hydrogen (secondary N) is 2. The fourth-order valence-corrected chi connectivity index (χ4v) is 2.59. The summed E-state index contributed by atoms with van der Waals surface area (Å²) >= 11 is 0. The van der Waals surface area contributed by atoms with Gasteiger partial charge in [-0.3, -0.25) is 9.59 Å². The largest absolute Gasteiger partial charge is 0.347 e. The fraction of sp³-hybridized carbons (Fsp3) is 0.867. The molecular formula is C15H27N3O2. The first-order valence-electron chi connectivity index (χ1n) is 7.97. The van der Waals surface area contributed by atoms with Crippen LogP contribution in [0.2, 0.25) is 0 Å². The highest BCUT2D eigenvalue weighted by Gasteiger charge is 2.25. The Bertz CT molecular complexity index is 334. The van der Waals surface area contributed by atoms with Crippen LogP contribution in [0.4, 0.5) is 0 Å². The second kappa shape index (κ2) is 7.62. The van der Waals surface area contributed by atoms with E-state index in [0.29, 0.717) is 12.5 Å². The van der Waals surface area contributed by atoms with E-state index in [-0.39, 0.29) is 18.4 Å². The Hall–Kier alpha value is -1.10. The maximum Gasteiger partial charge on any atom is 0.241 e. The fourth-order valence-electron chi connectivity index (χ4n) is 2.59. The Labute approximate surface area is 121 Å². The smallest absolute Gasteiger partial charge is 0.241 e. The van der Waals surface area contributed by atoms with Gasteiger partial charge >= 0.3 is 0 Å². The molecule has 0 radical (unpaired) electrons. The molecule has 2 N–H and O–H groups in total. The molecule has 114 valence electrons. The number of piperidine rings is 1. The van der Waals surface area contributed by atoms with Crippen molar-refractivity contribution in [3.05, 3.63) is 0 Å². The minimum Gasteiger partial charge on any atom is -0.347 e. The molecule has 1 saturated heterocycles. The zero-order valence-electron chi connectivity index (χ0n) is 12.5. The number of carbonyl (C=O) groups is 2. The molecule has 2 aliphatic rings. The molecule has 0 atom stereocenters. The first-order valence-corrected chi connectivity index (χ1v) is 7.97. The number of likely N-dealkylation sites (tertiary alicyclic amines) is 1. The SMILES string of the molecule is CCCC(=O)NCC(=O)N1CCC(NCC2CC2)CC1. The van der Waals surface area contributed by atoms with Crippen LogP contribution in [0.15, 0.2) is 0 Å². The Morgan fingerprint density at radius 1 is 1.15 bits per heavy atom. The molecule has 0 aromatic heterocycles. The summed E-state index contributed by atoms with van der Waals surface area (Å²) in [5.74, 6) is 0.931. The van der Waals surface area contributed by atoms with E-state index in [1.165, 1.54) is 12.8 Å². The molecule has 0 bridgehead atoms. The van der Waals surface area contributed by atoms with Crippen LogP contribution in [0.5, 0.6) is 0 Å². The van der Waals surface area contributed by atoms with Gasteiger partial charge in [-0.1, -0.05) is 6.92 Å². The van der Waals surface area contributed by atoms with Gasteiger partial charge in [-0.2, -0.15) is 0 Å². The highest BCUT2D eigenvalue weighted by atomic mass is 16.2. The molecule has 2 amide bonds. The van der Waals surface area contributed by atoms with Crippen molar-refractivity contribution in [1.29, 1.82) is 0 Å². The lowest BCUT2D eigenvalue weighted by atomic mass is 10.0. The molecule has 0 aromatic rings. The molecule has 1 aliphatic carbocycles. The van der Waals surface area contributed by atoms with E-state index in [1.807, 2.05) is 11.8 Å². The molecule has 1 heterocycles. The molecule has 0 aromatic carbocycles. The van der Waals surface area contributed by atoms with Crippen LogP contribution in [0.3, 0.4) is 0 Å². The van der Waals surface area contributed by atoms with Crippen LogP contribution < -0.4 is 10.6 Å². The van der Waals surface area contributed by atoms with Crippen molar-refractivity contribution in [2.24, 2.45) is 5.92 Å². The predicted octanol–water partition coefficient (Wildman–Crippen LogP) is 0.893. The highest BCUT2D eigenvalue weighted by molar-refractivity contribution is 5.84. The molecule has 0 spiro atoms. The minimum atomic E-state index is -0.0261. The Balaban J connectivity index is 1.59. The van der Waals surface area contributed by atoms with Gasteiger partial charge in [0.25, 0.3) is 0 Å². The van der Waals surface area contributed by atoms with Crippen LogP contribution in [0, 0.1) is 5.92 Å². The monoisotopic (exact) mass is 281 g/mol. The highest BCUT2D eigenvalue weighted by Crippen LogP contribution is 2.28. The van der Waals surface area contributed by atoms with Crippen molar-refractivity contribution >= 4 is 11.8 Å². The topological polar surface area (TPSA) is 61.4 Å². The number of nitrogens with zero attached hydrogens (tertiary/aromatic N) is 1. The van der Waals surface area contributed by atoms with Gasteiger partial charge in [0.1, 0.15) is 0 Å². The van der Waals surface area contributed by atoms with Crippen molar-refractivity contribution < 1.29 is 9.59 Å². The Morgan fingerprint density at radius 2 is 1.85 bits per heavy atom. The molecule has 2 rings (SSSR count). The van der Waals surface area contributed by atoms with E-state index < -0.39 is 0 Å². The number of amides is 2. The van der Waals surface area contributed by atoms with Crippen LogP contribution in [0.25, 0.3) is 0 Å². The van der Waals surface area contributed by atoms with Crippen LogP contribution in [-0.4, -0.2) is 48.9 Å². The van der Waals surface area contributed by atoms with Gasteiger partial charge in [-0.15, -0.1) is 0 Å². The standard InChI is InChI=1S/C15H27N3O2/c1-2-3-14(19)17-11-15(20)18-8-6-13(7-9-18)16-10-12-4-5-12/h12-13,16H,2-11H2,1H3,(H,17,19). The van der Waals surface area contributed by atoms with Gasteiger partial charge < -0.3 is 15.5 Å². The number of rotatable bonds is 7. The average molecular weight is 281 g/mol. The number of hydrogen-bond donors (Lipinski definition) is 2. The van der Waals surface area contributed by atoms with Gasteiger partial charge in [0.05, 0.1) is 6.54 Å². The summed E-state index contributed by atoms with van der Waals surface area (Å²) in [6, 6.07) is 0.564. The zero-order valence-corrected chi connectivity index (χ0v) is 12.5. The first-order chi connectivity index (χ1) is 9.69. The maximum atomic E-state index is 12.0. The summed E-state index contributed by atoms with van der Waals surface area (Å²) in [5, 5.41) is 6.30. The number of hydrogen-bond acceptors (Lipinski definition) is 3. The molecule has 20 heavy (non-hydrogen) atoms. The van der Waals surface area contributed by atoms with E-state index in [1.54, 1.807) is 0 Å². The molecular weight excluding hydrogens is 254 g/mol. The third-order valence-electron chi connectivity index (χ3n) is 4.15. The van der Waals surface area contributed by atoms with Gasteiger partial charge in [-0.25, -0.2) is 0 Å². The van der Waals surface area contributed by atoms with Crippen LogP contribution in [0.1, 0.15) is 45.4 Å². The summed E-state index contributed by atoms with van der Waals surface area (Å²) in [5.41, 5.74) is 0. The van der Waals surface area contributed by atoms with E-state index in [0.717, 1.165) is 44.8 Å². The van der Waals surface area contributed by atoms with E-state index >= 15 is 0 Å². The van der Waals surface area contributed by atoms with Gasteiger partial charge in [0.2, 0.25) is 11.8 Å². The summed E-state index contributed by atoms with van der Waals surface area (Å²) in [6.07, 6.45) is 6.13. The lowest BCUT2D eigenvalue weighted by molar-refractivity contribution is -0.133. The third kappa shape index (κ3) is 5.12. The van der Waals surface area contributed by atoms with Crippen molar-refractivity contribution in [3.8, 4) is 0 Å². The summed E-state index contributed by atoms with van der Waals surface area (Å²) in [7, 11) is 0. The van der Waals surface area contributed by atoms with Gasteiger partial charge in [0.15, 0.2) is 0 Å². The second-order valence-electron chi connectivity index (χ2n) is 6.03. The molecule has 1 aliphatic heterocycles. The van der Waals surface area contributed by atoms with Crippen LogP contribution in [-0.2, 0) is 9.59 Å². The Kier molecular flexibility index (Phi) is 5.83. The summed E-state index contributed by atoms with van der Waals surface area (Å²) in [6.45, 7) is 4.88. The zero-order chi connectivity index (χ0) is 14.4. The summed E-state index contributed by atoms with van der Waals surface area (Å²) < 4.78 is 0. The molecule has 1 saturated carbocycles. The van der Waals surface area contributed by atoms with E-state index in [9.17, 15) is 9.59 Å². The normalized spacial score (nSPS) is 19.9. The van der Waals surface area contributed by atoms with Crippen LogP contribution >= 0.6 is 0 Å². The van der Waals surface area contributed by atoms with Crippen molar-refractivity contribution in [1.82, 2.24) is 15.5 Å². The van der Waals surface area contributed by atoms with E-state index in [2.05, 4.69) is 10.6 Å². The van der Waals surface area contributed by atoms with Gasteiger partial charge in [0, 0.05) is 25.6 Å². The summed E-state index contributed by atoms with van der Waals surface area (Å²) in [4.78, 5) is 25.2. The molecule has 5 heteroatoms. The molecule has 2 fully saturated rings. The van der Waals surface area contributed by atoms with Crippen molar-refractivity contribution in [2.75, 3.05) is 26.2 Å². The lowest BCUT2D eigenvalue weighted by Crippen LogP contribution is -2.48. The lowest BCUT2D eigenvalue weighted by Gasteiger charge is -2.32. The Morgan fingerprint density at radius 3 is 2.45 bits per heavy atom. The van der Waals surface area contributed by atoms with Crippen molar-refractivity contribution in [3.63, 3.8) is 0 Å². The van der Waals surface area contributed by atoms with E-state index in [4.69, 9.17) is 0 Å². The molecule has 5 nitrogen and oxygen atoms in total. The molecule has 0 unspecified atom stereocenters. The quantitative estimate of drug-likeness (QED) is 0.728. The van der Waals surface area contributed by atoms with Gasteiger partial charge in [-0.05, 0) is 44.6 Å². The predicted molar refractivity (Wildman–Crippen MR) is 78.2 cm³/mol.